The van der Waals surface area contributed by atoms with E-state index in [-0.39, 0.29) is 12.6 Å². The van der Waals surface area contributed by atoms with Crippen LogP contribution >= 0.6 is 0 Å². The lowest BCUT2D eigenvalue weighted by Crippen LogP contribution is -2.27. The van der Waals surface area contributed by atoms with Crippen LogP contribution in [0.1, 0.15) is 33.6 Å². The van der Waals surface area contributed by atoms with E-state index in [1.54, 1.807) is 32.1 Å². The van der Waals surface area contributed by atoms with Crippen molar-refractivity contribution < 1.29 is 14.9 Å². The van der Waals surface area contributed by atoms with Gasteiger partial charge in [0, 0.05) is 19.2 Å². The van der Waals surface area contributed by atoms with Gasteiger partial charge < -0.3 is 14.9 Å². The summed E-state index contributed by atoms with van der Waals surface area (Å²) in [4.78, 5) is 0. The fourth-order valence-electron chi connectivity index (χ4n) is 1.49. The van der Waals surface area contributed by atoms with Gasteiger partial charge in [0.05, 0.1) is 5.60 Å². The molecule has 0 spiro atoms. The summed E-state index contributed by atoms with van der Waals surface area (Å²) < 4.78 is 5.21. The van der Waals surface area contributed by atoms with Gasteiger partial charge in [0.15, 0.2) is 0 Å². The third kappa shape index (κ3) is 4.65. The van der Waals surface area contributed by atoms with Crippen molar-refractivity contribution in [1.29, 1.82) is 0 Å². The lowest BCUT2D eigenvalue weighted by molar-refractivity contribution is -0.0308. The van der Waals surface area contributed by atoms with Crippen molar-refractivity contribution in [1.82, 2.24) is 5.01 Å². The summed E-state index contributed by atoms with van der Waals surface area (Å²) in [7, 11) is 1.78. The van der Waals surface area contributed by atoms with Crippen molar-refractivity contribution in [3.8, 4) is 0 Å². The minimum Gasteiger partial charge on any atom is -0.480 e. The quantitative estimate of drug-likeness (QED) is 0.424. The fraction of sp³-hybridized carbons (Fsp3) is 0.750. The number of hydrogen-bond acceptors (Lipinski definition) is 5. The first-order valence-electron chi connectivity index (χ1n) is 5.86. The summed E-state index contributed by atoms with van der Waals surface area (Å²) in [6, 6.07) is 0. The predicted molar refractivity (Wildman–Crippen MR) is 66.6 cm³/mol. The number of hydrazone groups is 1. The molecule has 2 N–H and O–H groups in total. The predicted octanol–water partition coefficient (Wildman–Crippen LogP) is 1.85. The molecule has 0 aliphatic heterocycles. The Bertz CT molecular complexity index is 314. The van der Waals surface area contributed by atoms with Gasteiger partial charge in [-0.1, -0.05) is 0 Å². The zero-order chi connectivity index (χ0) is 13.1. The fourth-order valence-corrected chi connectivity index (χ4v) is 1.49. The normalized spacial score (nSPS) is 18.2. The molecule has 17 heavy (non-hydrogen) atoms. The number of allylic oxidation sites excluding steroid dienone is 1. The monoisotopic (exact) mass is 242 g/mol. The topological polar surface area (TPSA) is 65.3 Å². The van der Waals surface area contributed by atoms with E-state index in [0.717, 1.165) is 12.8 Å². The number of aliphatic hydroxyl groups excluding tert-OH is 1. The molecular formula is C12H22N2O3. The number of rotatable bonds is 6. The molecular weight excluding hydrogens is 220 g/mol. The van der Waals surface area contributed by atoms with Crippen LogP contribution in [-0.2, 0) is 4.74 Å². The molecule has 1 aliphatic rings. The van der Waals surface area contributed by atoms with E-state index in [1.807, 2.05) is 6.92 Å². The van der Waals surface area contributed by atoms with Gasteiger partial charge in [-0.15, -0.1) is 0 Å². The first kappa shape index (κ1) is 13.8. The zero-order valence-electron chi connectivity index (χ0n) is 11.0. The average molecular weight is 242 g/mol. The highest BCUT2D eigenvalue weighted by Gasteiger charge is 2.33. The van der Waals surface area contributed by atoms with E-state index < -0.39 is 5.60 Å². The lowest BCUT2D eigenvalue weighted by atomic mass is 10.2. The maximum Gasteiger partial charge on any atom is 0.299 e. The second-order valence-electron chi connectivity index (χ2n) is 4.96. The van der Waals surface area contributed by atoms with E-state index in [0.29, 0.717) is 11.6 Å². The molecule has 1 rings (SSSR count). The van der Waals surface area contributed by atoms with Gasteiger partial charge in [-0.05, 0) is 33.6 Å². The van der Waals surface area contributed by atoms with E-state index >= 15 is 0 Å². The Morgan fingerprint density at radius 3 is 2.53 bits per heavy atom. The molecule has 5 nitrogen and oxygen atoms in total. The SMILES string of the molecule is C/C=N\N(C)/C(=C(\O)OCC(C)(C)O)C1CC1. The number of hydrogen-bond donors (Lipinski definition) is 2. The van der Waals surface area contributed by atoms with Crippen LogP contribution < -0.4 is 0 Å². The highest BCUT2D eigenvalue weighted by atomic mass is 16.6. The van der Waals surface area contributed by atoms with Crippen LogP contribution in [0.3, 0.4) is 0 Å². The summed E-state index contributed by atoms with van der Waals surface area (Å²) >= 11 is 0. The van der Waals surface area contributed by atoms with Gasteiger partial charge in [-0.3, -0.25) is 5.01 Å². The smallest absolute Gasteiger partial charge is 0.299 e. The summed E-state index contributed by atoms with van der Waals surface area (Å²) in [6.45, 7) is 5.13. The summed E-state index contributed by atoms with van der Waals surface area (Å²) in [5.41, 5.74) is -0.276. The summed E-state index contributed by atoms with van der Waals surface area (Å²) in [5.74, 6) is 0.174. The molecule has 0 aromatic heterocycles. The first-order chi connectivity index (χ1) is 7.85. The van der Waals surface area contributed by atoms with E-state index in [1.165, 1.54) is 0 Å². The largest absolute Gasteiger partial charge is 0.480 e. The van der Waals surface area contributed by atoms with Crippen molar-refractivity contribution in [3.63, 3.8) is 0 Å². The molecule has 0 saturated heterocycles. The van der Waals surface area contributed by atoms with Crippen LogP contribution in [0.2, 0.25) is 0 Å². The molecule has 0 atom stereocenters. The van der Waals surface area contributed by atoms with Crippen molar-refractivity contribution in [2.45, 2.75) is 39.2 Å². The number of aliphatic hydroxyl groups is 2. The van der Waals surface area contributed by atoms with Gasteiger partial charge in [0.2, 0.25) is 0 Å². The maximum absolute atomic E-state index is 9.91. The van der Waals surface area contributed by atoms with Gasteiger partial charge >= 0.3 is 0 Å². The van der Waals surface area contributed by atoms with E-state index in [9.17, 15) is 10.2 Å². The van der Waals surface area contributed by atoms with Crippen LogP contribution in [-0.4, -0.2) is 40.7 Å². The molecule has 1 aliphatic carbocycles. The van der Waals surface area contributed by atoms with Gasteiger partial charge in [0.25, 0.3) is 5.95 Å². The Morgan fingerprint density at radius 1 is 1.53 bits per heavy atom. The minimum absolute atomic E-state index is 0.0543. The summed E-state index contributed by atoms with van der Waals surface area (Å²) in [6.07, 6.45) is 3.73. The highest BCUT2D eigenvalue weighted by Crippen LogP contribution is 2.39. The second kappa shape index (κ2) is 5.40. The van der Waals surface area contributed by atoms with Crippen LogP contribution in [0.4, 0.5) is 0 Å². The molecule has 1 fully saturated rings. The van der Waals surface area contributed by atoms with Crippen molar-refractivity contribution >= 4 is 6.21 Å². The number of ether oxygens (including phenoxy) is 1. The third-order valence-corrected chi connectivity index (χ3v) is 2.38. The Labute approximate surface area is 102 Å². The molecule has 0 aromatic carbocycles. The second-order valence-corrected chi connectivity index (χ2v) is 4.96. The van der Waals surface area contributed by atoms with Crippen LogP contribution in [0.5, 0.6) is 0 Å². The lowest BCUT2D eigenvalue weighted by Gasteiger charge is -2.21. The third-order valence-electron chi connectivity index (χ3n) is 2.38. The number of nitrogens with zero attached hydrogens (tertiary/aromatic N) is 2. The molecule has 0 radical (unpaired) electrons. The average Bonchev–Trinajstić information content (AvgIpc) is 2.98. The Kier molecular flexibility index (Phi) is 4.40. The van der Waals surface area contributed by atoms with Gasteiger partial charge in [-0.2, -0.15) is 5.10 Å². The van der Waals surface area contributed by atoms with Gasteiger partial charge in [-0.25, -0.2) is 0 Å². The van der Waals surface area contributed by atoms with Crippen LogP contribution in [0, 0.1) is 5.92 Å². The Balaban J connectivity index is 2.72. The molecule has 0 unspecified atom stereocenters. The maximum atomic E-state index is 9.91. The molecule has 0 aromatic rings. The van der Waals surface area contributed by atoms with E-state index in [4.69, 9.17) is 4.74 Å². The first-order valence-corrected chi connectivity index (χ1v) is 5.86. The van der Waals surface area contributed by atoms with Crippen molar-refractivity contribution in [2.24, 2.45) is 11.0 Å². The molecule has 1 saturated carbocycles. The van der Waals surface area contributed by atoms with Crippen LogP contribution in [0.25, 0.3) is 0 Å². The standard InChI is InChI=1S/C12H22N2O3/c1-5-13-14(4)10(9-6-7-9)11(15)17-8-12(2,3)16/h5,9,15-16H,6-8H2,1-4H3/b11-10+,13-5-. The Hall–Kier alpha value is -1.23. The molecule has 0 bridgehead atoms. The molecule has 0 heterocycles. The molecule has 0 amide bonds. The van der Waals surface area contributed by atoms with Crippen molar-refractivity contribution in [2.75, 3.05) is 13.7 Å². The van der Waals surface area contributed by atoms with E-state index in [2.05, 4.69) is 5.10 Å². The molecule has 5 heteroatoms. The summed E-state index contributed by atoms with van der Waals surface area (Å²) in [5, 5.41) is 25.2. The zero-order valence-corrected chi connectivity index (χ0v) is 11.0. The molecule has 98 valence electrons. The van der Waals surface area contributed by atoms with Crippen LogP contribution in [0.15, 0.2) is 16.7 Å². The highest BCUT2D eigenvalue weighted by molar-refractivity contribution is 5.52. The minimum atomic E-state index is -0.963. The van der Waals surface area contributed by atoms with Crippen molar-refractivity contribution in [3.05, 3.63) is 11.6 Å². The Morgan fingerprint density at radius 2 is 2.12 bits per heavy atom. The van der Waals surface area contributed by atoms with Gasteiger partial charge in [0.1, 0.15) is 12.3 Å².